The average Bonchev–Trinajstić information content (AvgIpc) is 3.49. The molecule has 196 valence electrons. The van der Waals surface area contributed by atoms with Crippen LogP contribution in [0.15, 0.2) is 60.9 Å². The Morgan fingerprint density at radius 3 is 2.68 bits per heavy atom. The molecule has 0 unspecified atom stereocenters. The van der Waals surface area contributed by atoms with Crippen molar-refractivity contribution >= 4 is 17.2 Å². The Kier molecular flexibility index (Phi) is 5.86. The van der Waals surface area contributed by atoms with Crippen molar-refractivity contribution in [1.82, 2.24) is 19.3 Å². The number of benzene rings is 2. The minimum absolute atomic E-state index is 0.113. The van der Waals surface area contributed by atoms with Crippen LogP contribution in [0.4, 0.5) is 19.0 Å². The zero-order valence-corrected chi connectivity index (χ0v) is 20.7. The van der Waals surface area contributed by atoms with Crippen molar-refractivity contribution in [2.75, 3.05) is 18.9 Å². The quantitative estimate of drug-likeness (QED) is 0.399. The third-order valence-corrected chi connectivity index (χ3v) is 7.60. The molecule has 4 heterocycles. The Bertz CT molecular complexity index is 1520. The molecule has 0 saturated carbocycles. The van der Waals surface area contributed by atoms with E-state index in [9.17, 15) is 18.0 Å². The summed E-state index contributed by atoms with van der Waals surface area (Å²) in [5.41, 5.74) is 9.13. The highest BCUT2D eigenvalue weighted by Crippen LogP contribution is 2.36. The molecule has 0 radical (unpaired) electrons. The van der Waals surface area contributed by atoms with Gasteiger partial charge >= 0.3 is 6.18 Å². The molecule has 2 aromatic heterocycles. The van der Waals surface area contributed by atoms with Gasteiger partial charge in [0.15, 0.2) is 0 Å². The SMILES string of the molecule is C[C@@H](c1ccc(-c2nc([C@H]3CN4C(=O)CC[C@@H]4CO3)n3ccnc(N)c23)cc1)c1cccc(C(F)(F)F)c1. The van der Waals surface area contributed by atoms with Gasteiger partial charge in [0, 0.05) is 30.3 Å². The van der Waals surface area contributed by atoms with E-state index in [-0.39, 0.29) is 17.9 Å². The molecule has 3 atom stereocenters. The van der Waals surface area contributed by atoms with Crippen LogP contribution in [-0.2, 0) is 15.7 Å². The maximum Gasteiger partial charge on any atom is 0.416 e. The van der Waals surface area contributed by atoms with Crippen LogP contribution in [0.2, 0.25) is 0 Å². The number of fused-ring (bicyclic) bond motifs is 2. The van der Waals surface area contributed by atoms with Crippen LogP contribution in [0, 0.1) is 0 Å². The van der Waals surface area contributed by atoms with Crippen molar-refractivity contribution in [2.45, 2.75) is 44.0 Å². The first kappa shape index (κ1) is 24.4. The van der Waals surface area contributed by atoms with Gasteiger partial charge in [-0.2, -0.15) is 13.2 Å². The molecule has 2 fully saturated rings. The Balaban J connectivity index is 1.33. The summed E-state index contributed by atoms with van der Waals surface area (Å²) >= 11 is 0. The van der Waals surface area contributed by atoms with E-state index in [1.807, 2.05) is 40.5 Å². The van der Waals surface area contributed by atoms with E-state index in [2.05, 4.69) is 4.98 Å². The van der Waals surface area contributed by atoms with E-state index in [0.717, 1.165) is 23.6 Å². The minimum atomic E-state index is -4.39. The maximum atomic E-state index is 13.2. The van der Waals surface area contributed by atoms with Crippen LogP contribution in [0.1, 0.15) is 54.3 Å². The van der Waals surface area contributed by atoms with E-state index in [4.69, 9.17) is 15.5 Å². The van der Waals surface area contributed by atoms with Crippen LogP contribution in [0.5, 0.6) is 0 Å². The summed E-state index contributed by atoms with van der Waals surface area (Å²) in [5.74, 6) is 0.849. The molecule has 7 nitrogen and oxygen atoms in total. The highest BCUT2D eigenvalue weighted by Gasteiger charge is 2.39. The molecule has 2 aliphatic rings. The van der Waals surface area contributed by atoms with Crippen LogP contribution >= 0.6 is 0 Å². The number of hydrogen-bond donors (Lipinski definition) is 1. The van der Waals surface area contributed by atoms with Crippen molar-refractivity contribution < 1.29 is 22.7 Å². The lowest BCUT2D eigenvalue weighted by molar-refractivity contribution is -0.138. The zero-order chi connectivity index (χ0) is 26.6. The van der Waals surface area contributed by atoms with Gasteiger partial charge < -0.3 is 15.4 Å². The Morgan fingerprint density at radius 1 is 1.13 bits per heavy atom. The van der Waals surface area contributed by atoms with Gasteiger partial charge in [-0.3, -0.25) is 9.20 Å². The number of ether oxygens (including phenoxy) is 1. The molecule has 4 aromatic rings. The number of rotatable bonds is 4. The Morgan fingerprint density at radius 2 is 1.92 bits per heavy atom. The molecule has 2 saturated heterocycles. The van der Waals surface area contributed by atoms with Gasteiger partial charge in [-0.1, -0.05) is 49.4 Å². The average molecular weight is 522 g/mol. The van der Waals surface area contributed by atoms with Gasteiger partial charge in [0.1, 0.15) is 29.0 Å². The van der Waals surface area contributed by atoms with Crippen LogP contribution < -0.4 is 5.73 Å². The number of nitrogen functional groups attached to an aromatic ring is 1. The second kappa shape index (κ2) is 9.13. The second-order valence-corrected chi connectivity index (χ2v) is 9.88. The molecule has 38 heavy (non-hydrogen) atoms. The predicted molar refractivity (Wildman–Crippen MR) is 135 cm³/mol. The minimum Gasteiger partial charge on any atom is -0.382 e. The zero-order valence-electron chi connectivity index (χ0n) is 20.7. The maximum absolute atomic E-state index is 13.2. The number of carbonyl (C=O) groups excluding carboxylic acids is 1. The molecule has 10 heteroatoms. The standard InChI is InChI=1S/C28H26F3N5O2/c1-16(19-3-2-4-20(13-19)28(29,30)31)17-5-7-18(8-6-17)24-25-26(32)33-11-12-35(25)27(34-24)22-14-36-21(15-38-22)9-10-23(36)37/h2-8,11-13,16,21-22H,9-10,14-15H2,1H3,(H2,32,33)/t16-,21+,22+/m0/s1. The molecular formula is C28H26F3N5O2. The number of aromatic nitrogens is 3. The summed E-state index contributed by atoms with van der Waals surface area (Å²) in [6, 6.07) is 13.1. The first-order chi connectivity index (χ1) is 18.2. The molecule has 2 aromatic carbocycles. The largest absolute Gasteiger partial charge is 0.416 e. The van der Waals surface area contributed by atoms with E-state index >= 15 is 0 Å². The van der Waals surface area contributed by atoms with Gasteiger partial charge in [-0.15, -0.1) is 0 Å². The highest BCUT2D eigenvalue weighted by atomic mass is 19.4. The fraction of sp³-hybridized carbons (Fsp3) is 0.321. The number of nitrogens with zero attached hydrogens (tertiary/aromatic N) is 4. The molecule has 2 N–H and O–H groups in total. The van der Waals surface area contributed by atoms with Gasteiger partial charge in [0.25, 0.3) is 0 Å². The van der Waals surface area contributed by atoms with Crippen molar-refractivity contribution in [3.63, 3.8) is 0 Å². The number of anilines is 1. The number of alkyl halides is 3. The Hall–Kier alpha value is -3.92. The van der Waals surface area contributed by atoms with E-state index in [0.29, 0.717) is 48.0 Å². The summed E-state index contributed by atoms with van der Waals surface area (Å²) in [4.78, 5) is 23.4. The van der Waals surface area contributed by atoms with Gasteiger partial charge in [0.05, 0.1) is 24.8 Å². The number of morpholine rings is 1. The molecule has 0 spiro atoms. The third kappa shape index (κ3) is 4.18. The van der Waals surface area contributed by atoms with Gasteiger partial charge in [0.2, 0.25) is 5.91 Å². The highest BCUT2D eigenvalue weighted by molar-refractivity contribution is 5.85. The monoisotopic (exact) mass is 521 g/mol. The number of amides is 1. The first-order valence-electron chi connectivity index (χ1n) is 12.5. The fourth-order valence-corrected chi connectivity index (χ4v) is 5.45. The lowest BCUT2D eigenvalue weighted by Crippen LogP contribution is -2.44. The van der Waals surface area contributed by atoms with Crippen LogP contribution in [-0.4, -0.2) is 44.4 Å². The number of hydrogen-bond acceptors (Lipinski definition) is 5. The number of carbonyl (C=O) groups is 1. The summed E-state index contributed by atoms with van der Waals surface area (Å²) in [6.07, 6.45) is -0.0698. The van der Waals surface area contributed by atoms with Gasteiger partial charge in [-0.25, -0.2) is 9.97 Å². The van der Waals surface area contributed by atoms with Crippen molar-refractivity contribution in [2.24, 2.45) is 0 Å². The summed E-state index contributed by atoms with van der Waals surface area (Å²) < 4.78 is 47.6. The molecule has 0 bridgehead atoms. The number of nitrogens with two attached hydrogens (primary N) is 1. The van der Waals surface area contributed by atoms with Crippen molar-refractivity contribution in [3.05, 3.63) is 83.4 Å². The smallest absolute Gasteiger partial charge is 0.382 e. The van der Waals surface area contributed by atoms with Crippen LogP contribution in [0.3, 0.4) is 0 Å². The molecule has 0 aliphatic carbocycles. The van der Waals surface area contributed by atoms with E-state index in [1.54, 1.807) is 18.5 Å². The van der Waals surface area contributed by atoms with E-state index < -0.39 is 17.8 Å². The lowest BCUT2D eigenvalue weighted by Gasteiger charge is -2.34. The van der Waals surface area contributed by atoms with Crippen LogP contribution in [0.25, 0.3) is 16.8 Å². The summed E-state index contributed by atoms with van der Waals surface area (Å²) in [5, 5.41) is 0. The number of halogens is 3. The number of imidazole rings is 1. The molecule has 1 amide bonds. The molecule has 2 aliphatic heterocycles. The Labute approximate surface area is 217 Å². The summed E-state index contributed by atoms with van der Waals surface area (Å²) in [6.45, 7) is 2.77. The predicted octanol–water partition coefficient (Wildman–Crippen LogP) is 5.21. The lowest BCUT2D eigenvalue weighted by atomic mass is 9.91. The topological polar surface area (TPSA) is 85.8 Å². The molecule has 6 rings (SSSR count). The second-order valence-electron chi connectivity index (χ2n) is 9.88. The van der Waals surface area contributed by atoms with Gasteiger partial charge in [-0.05, 0) is 23.6 Å². The molecular weight excluding hydrogens is 495 g/mol. The van der Waals surface area contributed by atoms with Crippen molar-refractivity contribution in [3.8, 4) is 11.3 Å². The third-order valence-electron chi connectivity index (χ3n) is 7.60. The first-order valence-corrected chi connectivity index (χ1v) is 12.5. The normalized spacial score (nSPS) is 20.6. The fourth-order valence-electron chi connectivity index (χ4n) is 5.45. The van der Waals surface area contributed by atoms with Crippen molar-refractivity contribution in [1.29, 1.82) is 0 Å². The summed E-state index contributed by atoms with van der Waals surface area (Å²) in [7, 11) is 0. The van der Waals surface area contributed by atoms with E-state index in [1.165, 1.54) is 12.1 Å².